The van der Waals surface area contributed by atoms with E-state index in [9.17, 15) is 9.18 Å². The van der Waals surface area contributed by atoms with Gasteiger partial charge in [-0.25, -0.2) is 9.37 Å². The smallest absolute Gasteiger partial charge is 0.224 e. The number of imidazole rings is 1. The maximum atomic E-state index is 13.1. The number of carbonyl (C=O) groups is 1. The van der Waals surface area contributed by atoms with Crippen LogP contribution in [0.15, 0.2) is 48.8 Å². The molecule has 0 unspecified atom stereocenters. The van der Waals surface area contributed by atoms with E-state index in [2.05, 4.69) is 28.7 Å². The Hall–Kier alpha value is -2.69. The maximum Gasteiger partial charge on any atom is 0.224 e. The summed E-state index contributed by atoms with van der Waals surface area (Å²) in [4.78, 5) is 16.4. The van der Waals surface area contributed by atoms with Crippen LogP contribution in [0.3, 0.4) is 0 Å². The maximum absolute atomic E-state index is 13.1. The molecule has 0 saturated heterocycles. The van der Waals surface area contributed by atoms with Crippen molar-refractivity contribution >= 4 is 16.9 Å². The van der Waals surface area contributed by atoms with Crippen molar-refractivity contribution in [3.8, 4) is 0 Å². The quantitative estimate of drug-likeness (QED) is 0.779. The molecule has 0 aliphatic carbocycles. The van der Waals surface area contributed by atoms with Crippen LogP contribution in [0.25, 0.3) is 11.0 Å². The van der Waals surface area contributed by atoms with E-state index >= 15 is 0 Å². The molecule has 3 aromatic rings. The lowest BCUT2D eigenvalue weighted by molar-refractivity contribution is -0.120. The highest BCUT2D eigenvalue weighted by molar-refractivity contribution is 5.79. The zero-order valence-electron chi connectivity index (χ0n) is 13.8. The van der Waals surface area contributed by atoms with Crippen molar-refractivity contribution < 1.29 is 9.18 Å². The molecule has 0 bridgehead atoms. The molecule has 1 heterocycles. The summed E-state index contributed by atoms with van der Waals surface area (Å²) in [5, 5.41) is 2.87. The van der Waals surface area contributed by atoms with Crippen molar-refractivity contribution in [1.82, 2.24) is 14.9 Å². The first-order valence-corrected chi connectivity index (χ1v) is 7.99. The first-order chi connectivity index (χ1) is 11.5. The standard InChI is InChI=1S/C19H20FN3O/c1-13(2)23-12-22-17-9-15(6-7-18(17)23)11-21-19(24)10-14-4-3-5-16(20)8-14/h3-9,12-13H,10-11H2,1-2H3,(H,21,24). The second-order valence-corrected chi connectivity index (χ2v) is 6.15. The second kappa shape index (κ2) is 6.83. The molecule has 124 valence electrons. The molecular weight excluding hydrogens is 305 g/mol. The van der Waals surface area contributed by atoms with Gasteiger partial charge in [-0.1, -0.05) is 18.2 Å². The lowest BCUT2D eigenvalue weighted by Gasteiger charge is -2.09. The Morgan fingerprint density at radius 1 is 1.21 bits per heavy atom. The van der Waals surface area contributed by atoms with Gasteiger partial charge in [-0.15, -0.1) is 0 Å². The number of fused-ring (bicyclic) bond motifs is 1. The van der Waals surface area contributed by atoms with Gasteiger partial charge in [-0.3, -0.25) is 4.79 Å². The molecule has 1 N–H and O–H groups in total. The molecule has 0 spiro atoms. The van der Waals surface area contributed by atoms with Crippen LogP contribution in [0.4, 0.5) is 4.39 Å². The molecule has 0 saturated carbocycles. The summed E-state index contributed by atoms with van der Waals surface area (Å²) in [6.07, 6.45) is 2.00. The SMILES string of the molecule is CC(C)n1cnc2cc(CNC(=O)Cc3cccc(F)c3)ccc21. The fourth-order valence-electron chi connectivity index (χ4n) is 2.69. The molecule has 0 aliphatic rings. The number of benzene rings is 2. The van der Waals surface area contributed by atoms with Crippen LogP contribution in [0.1, 0.15) is 31.0 Å². The number of rotatable bonds is 5. The first kappa shape index (κ1) is 16.2. The van der Waals surface area contributed by atoms with Crippen LogP contribution in [0.5, 0.6) is 0 Å². The van der Waals surface area contributed by atoms with E-state index in [1.165, 1.54) is 12.1 Å². The Kier molecular flexibility index (Phi) is 4.60. The summed E-state index contributed by atoms with van der Waals surface area (Å²) in [5.74, 6) is -0.458. The molecule has 1 aromatic heterocycles. The van der Waals surface area contributed by atoms with Crippen LogP contribution in [-0.2, 0) is 17.8 Å². The lowest BCUT2D eigenvalue weighted by atomic mass is 10.1. The molecule has 1 amide bonds. The van der Waals surface area contributed by atoms with Gasteiger partial charge in [-0.2, -0.15) is 0 Å². The van der Waals surface area contributed by atoms with E-state index in [4.69, 9.17) is 0 Å². The molecule has 2 aromatic carbocycles. The third-order valence-corrected chi connectivity index (χ3v) is 3.94. The average Bonchev–Trinajstić information content (AvgIpc) is 2.96. The average molecular weight is 325 g/mol. The van der Waals surface area contributed by atoms with Gasteiger partial charge in [0.05, 0.1) is 23.8 Å². The molecule has 5 heteroatoms. The fraction of sp³-hybridized carbons (Fsp3) is 0.263. The zero-order valence-corrected chi connectivity index (χ0v) is 13.8. The minimum Gasteiger partial charge on any atom is -0.352 e. The Morgan fingerprint density at radius 3 is 2.79 bits per heavy atom. The Bertz CT molecular complexity index is 870. The van der Waals surface area contributed by atoms with Gasteiger partial charge in [0.2, 0.25) is 5.91 Å². The Morgan fingerprint density at radius 2 is 2.04 bits per heavy atom. The van der Waals surface area contributed by atoms with Gasteiger partial charge in [0.1, 0.15) is 5.82 Å². The van der Waals surface area contributed by atoms with Crippen molar-refractivity contribution in [1.29, 1.82) is 0 Å². The second-order valence-electron chi connectivity index (χ2n) is 6.15. The number of hydrogen-bond acceptors (Lipinski definition) is 2. The summed E-state index contributed by atoms with van der Waals surface area (Å²) in [6, 6.07) is 12.5. The number of carbonyl (C=O) groups excluding carboxylic acids is 1. The highest BCUT2D eigenvalue weighted by Gasteiger charge is 2.08. The largest absolute Gasteiger partial charge is 0.352 e. The lowest BCUT2D eigenvalue weighted by Crippen LogP contribution is -2.24. The summed E-state index contributed by atoms with van der Waals surface area (Å²) in [5.41, 5.74) is 3.66. The minimum atomic E-state index is -0.327. The number of hydrogen-bond donors (Lipinski definition) is 1. The summed E-state index contributed by atoms with van der Waals surface area (Å²) in [7, 11) is 0. The molecule has 0 radical (unpaired) electrons. The first-order valence-electron chi connectivity index (χ1n) is 7.99. The van der Waals surface area contributed by atoms with E-state index < -0.39 is 0 Å². The van der Waals surface area contributed by atoms with Gasteiger partial charge in [0.15, 0.2) is 0 Å². The normalized spacial score (nSPS) is 11.2. The van der Waals surface area contributed by atoms with Crippen LogP contribution in [0, 0.1) is 5.82 Å². The van der Waals surface area contributed by atoms with E-state index in [1.54, 1.807) is 12.1 Å². The molecule has 0 atom stereocenters. The fourth-order valence-corrected chi connectivity index (χ4v) is 2.69. The van der Waals surface area contributed by atoms with Crippen LogP contribution in [-0.4, -0.2) is 15.5 Å². The highest BCUT2D eigenvalue weighted by atomic mass is 19.1. The van der Waals surface area contributed by atoms with Gasteiger partial charge >= 0.3 is 0 Å². The van der Waals surface area contributed by atoms with Gasteiger partial charge in [-0.05, 0) is 49.2 Å². The number of amides is 1. The monoisotopic (exact) mass is 325 g/mol. The topological polar surface area (TPSA) is 46.9 Å². The third kappa shape index (κ3) is 3.62. The number of halogens is 1. The predicted octanol–water partition coefficient (Wildman–Crippen LogP) is 3.62. The van der Waals surface area contributed by atoms with Crippen molar-refractivity contribution in [2.75, 3.05) is 0 Å². The minimum absolute atomic E-state index is 0.131. The summed E-state index contributed by atoms with van der Waals surface area (Å²) in [6.45, 7) is 4.65. The van der Waals surface area contributed by atoms with Crippen LogP contribution >= 0.6 is 0 Å². The van der Waals surface area contributed by atoms with Crippen molar-refractivity contribution in [3.05, 3.63) is 65.7 Å². The molecule has 3 rings (SSSR count). The van der Waals surface area contributed by atoms with Gasteiger partial charge in [0, 0.05) is 12.6 Å². The number of nitrogens with one attached hydrogen (secondary N) is 1. The Balaban J connectivity index is 1.64. The zero-order chi connectivity index (χ0) is 17.1. The van der Waals surface area contributed by atoms with Crippen molar-refractivity contribution in [2.24, 2.45) is 0 Å². The van der Waals surface area contributed by atoms with E-state index in [0.29, 0.717) is 18.2 Å². The van der Waals surface area contributed by atoms with E-state index in [0.717, 1.165) is 16.6 Å². The van der Waals surface area contributed by atoms with Crippen molar-refractivity contribution in [2.45, 2.75) is 32.9 Å². The molecule has 0 fully saturated rings. The van der Waals surface area contributed by atoms with Gasteiger partial charge in [0.25, 0.3) is 0 Å². The summed E-state index contributed by atoms with van der Waals surface area (Å²) < 4.78 is 15.2. The molecule has 24 heavy (non-hydrogen) atoms. The van der Waals surface area contributed by atoms with Crippen LogP contribution < -0.4 is 5.32 Å². The molecule has 0 aliphatic heterocycles. The van der Waals surface area contributed by atoms with E-state index in [1.807, 2.05) is 24.5 Å². The number of nitrogens with zero attached hydrogens (tertiary/aromatic N) is 2. The Labute approximate surface area is 140 Å². The van der Waals surface area contributed by atoms with E-state index in [-0.39, 0.29) is 18.1 Å². The predicted molar refractivity (Wildman–Crippen MR) is 92.1 cm³/mol. The van der Waals surface area contributed by atoms with Crippen LogP contribution in [0.2, 0.25) is 0 Å². The summed E-state index contributed by atoms with van der Waals surface area (Å²) >= 11 is 0. The molecule has 4 nitrogen and oxygen atoms in total. The molecular formula is C19H20FN3O. The van der Waals surface area contributed by atoms with Gasteiger partial charge < -0.3 is 9.88 Å². The number of aromatic nitrogens is 2. The third-order valence-electron chi connectivity index (χ3n) is 3.94. The highest BCUT2D eigenvalue weighted by Crippen LogP contribution is 2.18. The van der Waals surface area contributed by atoms with Crippen molar-refractivity contribution in [3.63, 3.8) is 0 Å².